The Kier molecular flexibility index (Phi) is 3.01. The van der Waals surface area contributed by atoms with Crippen LogP contribution in [-0.2, 0) is 0 Å². The molecule has 1 fully saturated rings. The van der Waals surface area contributed by atoms with Crippen LogP contribution >= 0.6 is 0 Å². The van der Waals surface area contributed by atoms with Crippen molar-refractivity contribution in [2.75, 3.05) is 0 Å². The minimum atomic E-state index is -0.203. The average molecular weight is 209 g/mol. The van der Waals surface area contributed by atoms with Gasteiger partial charge in [0.1, 0.15) is 6.26 Å². The fourth-order valence-corrected chi connectivity index (χ4v) is 1.91. The van der Waals surface area contributed by atoms with Gasteiger partial charge in [0.15, 0.2) is 5.69 Å². The normalized spacial score (nSPS) is 26.2. The Morgan fingerprint density at radius 1 is 1.53 bits per heavy atom. The summed E-state index contributed by atoms with van der Waals surface area (Å²) in [6.07, 6.45) is 5.58. The second-order valence-corrected chi connectivity index (χ2v) is 3.91. The van der Waals surface area contributed by atoms with E-state index < -0.39 is 0 Å². The number of hydrogen-bond donors (Lipinski definition) is 2. The average Bonchev–Trinajstić information content (AvgIpc) is 2.74. The van der Waals surface area contributed by atoms with Crippen LogP contribution in [-0.4, -0.2) is 23.1 Å². The lowest BCUT2D eigenvalue weighted by Crippen LogP contribution is -2.49. The Labute approximate surface area is 88.0 Å². The van der Waals surface area contributed by atoms with Gasteiger partial charge in [0.2, 0.25) is 0 Å². The number of rotatable bonds is 2. The summed E-state index contributed by atoms with van der Waals surface area (Å²) in [6, 6.07) is 1.68. The van der Waals surface area contributed by atoms with Crippen LogP contribution in [0.25, 0.3) is 0 Å². The predicted molar refractivity (Wildman–Crippen MR) is 54.2 cm³/mol. The predicted octanol–water partition coefficient (Wildman–Crippen LogP) is 0.674. The number of carbonyl (C=O) groups excluding carboxylic acids is 1. The van der Waals surface area contributed by atoms with Crippen LogP contribution in [0.5, 0.6) is 0 Å². The molecule has 82 valence electrons. The van der Waals surface area contributed by atoms with E-state index in [2.05, 4.69) is 15.0 Å². The van der Waals surface area contributed by atoms with Crippen molar-refractivity contribution in [1.29, 1.82) is 0 Å². The lowest BCUT2D eigenvalue weighted by atomic mass is 9.91. The summed E-state index contributed by atoms with van der Waals surface area (Å²) in [5.41, 5.74) is 6.23. The number of nitrogens with two attached hydrogens (primary N) is 1. The van der Waals surface area contributed by atoms with Gasteiger partial charge in [-0.15, -0.1) is 0 Å². The molecule has 1 aromatic rings. The van der Waals surface area contributed by atoms with E-state index in [1.54, 1.807) is 6.07 Å². The Hall–Kier alpha value is -1.36. The minimum absolute atomic E-state index is 0.0644. The maximum Gasteiger partial charge on any atom is 0.273 e. The second-order valence-electron chi connectivity index (χ2n) is 3.91. The van der Waals surface area contributed by atoms with Gasteiger partial charge in [0.05, 0.1) is 0 Å². The number of amides is 1. The highest BCUT2D eigenvalue weighted by Crippen LogP contribution is 2.17. The third-order valence-electron chi connectivity index (χ3n) is 2.81. The number of carbonyl (C=O) groups is 1. The molecule has 1 aromatic heterocycles. The van der Waals surface area contributed by atoms with Crippen molar-refractivity contribution in [3.8, 4) is 0 Å². The zero-order chi connectivity index (χ0) is 10.7. The third-order valence-corrected chi connectivity index (χ3v) is 2.81. The van der Waals surface area contributed by atoms with E-state index in [9.17, 15) is 4.79 Å². The molecular weight excluding hydrogens is 194 g/mol. The van der Waals surface area contributed by atoms with Gasteiger partial charge in [-0.05, 0) is 12.8 Å². The third kappa shape index (κ3) is 2.36. The highest BCUT2D eigenvalue weighted by atomic mass is 16.5. The van der Waals surface area contributed by atoms with Gasteiger partial charge < -0.3 is 15.6 Å². The molecule has 0 aliphatic heterocycles. The van der Waals surface area contributed by atoms with Crippen LogP contribution in [0.15, 0.2) is 16.9 Å². The summed E-state index contributed by atoms with van der Waals surface area (Å²) in [7, 11) is 0. The summed E-state index contributed by atoms with van der Waals surface area (Å²) in [5.74, 6) is -0.203. The molecule has 1 aliphatic rings. The molecule has 1 heterocycles. The summed E-state index contributed by atoms with van der Waals surface area (Å²) in [6.45, 7) is 0. The number of nitrogens with one attached hydrogen (secondary N) is 1. The molecule has 1 amide bonds. The van der Waals surface area contributed by atoms with Gasteiger partial charge in [0.25, 0.3) is 5.91 Å². The molecule has 2 unspecified atom stereocenters. The van der Waals surface area contributed by atoms with Gasteiger partial charge >= 0.3 is 0 Å². The first-order chi connectivity index (χ1) is 7.27. The van der Waals surface area contributed by atoms with E-state index in [4.69, 9.17) is 5.73 Å². The minimum Gasteiger partial charge on any atom is -0.364 e. The van der Waals surface area contributed by atoms with Crippen LogP contribution in [0.3, 0.4) is 0 Å². The van der Waals surface area contributed by atoms with Crippen LogP contribution in [0, 0.1) is 0 Å². The molecule has 0 radical (unpaired) electrons. The van der Waals surface area contributed by atoms with E-state index in [-0.39, 0.29) is 18.0 Å². The Morgan fingerprint density at radius 2 is 2.33 bits per heavy atom. The SMILES string of the molecule is NC1CCCCC1NC(=O)c1ccon1. The molecule has 0 aromatic carbocycles. The van der Waals surface area contributed by atoms with Gasteiger partial charge in [-0.25, -0.2) is 0 Å². The summed E-state index contributed by atoms with van der Waals surface area (Å²) >= 11 is 0. The fourth-order valence-electron chi connectivity index (χ4n) is 1.91. The second kappa shape index (κ2) is 4.44. The molecule has 0 saturated heterocycles. The Bertz CT molecular complexity index is 323. The maximum atomic E-state index is 11.6. The number of aromatic nitrogens is 1. The molecule has 0 spiro atoms. The van der Waals surface area contributed by atoms with Crippen molar-refractivity contribution in [2.45, 2.75) is 37.8 Å². The molecule has 0 bridgehead atoms. The van der Waals surface area contributed by atoms with E-state index >= 15 is 0 Å². The van der Waals surface area contributed by atoms with Crippen molar-refractivity contribution in [3.05, 3.63) is 18.0 Å². The Balaban J connectivity index is 1.93. The van der Waals surface area contributed by atoms with E-state index in [1.165, 1.54) is 6.26 Å². The standard InChI is InChI=1S/C10H15N3O2/c11-7-3-1-2-4-8(7)12-10(14)9-5-6-15-13-9/h5-8H,1-4,11H2,(H,12,14). The molecule has 1 aliphatic carbocycles. The monoisotopic (exact) mass is 209 g/mol. The first-order valence-corrected chi connectivity index (χ1v) is 5.24. The quantitative estimate of drug-likeness (QED) is 0.750. The highest BCUT2D eigenvalue weighted by molar-refractivity contribution is 5.92. The molecule has 3 N–H and O–H groups in total. The van der Waals surface area contributed by atoms with Crippen molar-refractivity contribution < 1.29 is 9.32 Å². The molecule has 1 saturated carbocycles. The molecular formula is C10H15N3O2. The largest absolute Gasteiger partial charge is 0.364 e. The van der Waals surface area contributed by atoms with E-state index in [1.807, 2.05) is 0 Å². The van der Waals surface area contributed by atoms with Crippen LogP contribution in [0.4, 0.5) is 0 Å². The molecule has 5 heteroatoms. The maximum absolute atomic E-state index is 11.6. The van der Waals surface area contributed by atoms with Crippen molar-refractivity contribution in [3.63, 3.8) is 0 Å². The van der Waals surface area contributed by atoms with Crippen molar-refractivity contribution in [1.82, 2.24) is 10.5 Å². The highest BCUT2D eigenvalue weighted by Gasteiger charge is 2.24. The lowest BCUT2D eigenvalue weighted by Gasteiger charge is -2.28. The Morgan fingerprint density at radius 3 is 3.00 bits per heavy atom. The van der Waals surface area contributed by atoms with Gasteiger partial charge in [-0.1, -0.05) is 18.0 Å². The summed E-state index contributed by atoms with van der Waals surface area (Å²) in [5, 5.41) is 6.46. The fraction of sp³-hybridized carbons (Fsp3) is 0.600. The van der Waals surface area contributed by atoms with Gasteiger partial charge in [0, 0.05) is 18.2 Å². The number of nitrogens with zero attached hydrogens (tertiary/aromatic N) is 1. The molecule has 15 heavy (non-hydrogen) atoms. The van der Waals surface area contributed by atoms with Crippen LogP contribution in [0.2, 0.25) is 0 Å². The van der Waals surface area contributed by atoms with Crippen LogP contribution < -0.4 is 11.1 Å². The number of hydrogen-bond acceptors (Lipinski definition) is 4. The topological polar surface area (TPSA) is 81.1 Å². The first-order valence-electron chi connectivity index (χ1n) is 5.24. The van der Waals surface area contributed by atoms with Gasteiger partial charge in [-0.3, -0.25) is 4.79 Å². The molecule has 2 atom stereocenters. The van der Waals surface area contributed by atoms with E-state index in [0.717, 1.165) is 25.7 Å². The summed E-state index contributed by atoms with van der Waals surface area (Å²) in [4.78, 5) is 11.6. The summed E-state index contributed by atoms with van der Waals surface area (Å²) < 4.78 is 4.61. The molecule has 2 rings (SSSR count). The van der Waals surface area contributed by atoms with Crippen LogP contribution in [0.1, 0.15) is 36.2 Å². The lowest BCUT2D eigenvalue weighted by molar-refractivity contribution is 0.0912. The van der Waals surface area contributed by atoms with E-state index in [0.29, 0.717) is 5.69 Å². The van der Waals surface area contributed by atoms with Gasteiger partial charge in [-0.2, -0.15) is 0 Å². The molecule has 5 nitrogen and oxygen atoms in total. The zero-order valence-electron chi connectivity index (χ0n) is 8.48. The van der Waals surface area contributed by atoms with Crippen molar-refractivity contribution >= 4 is 5.91 Å². The van der Waals surface area contributed by atoms with Crippen molar-refractivity contribution in [2.24, 2.45) is 5.73 Å². The first kappa shape index (κ1) is 10.2. The zero-order valence-corrected chi connectivity index (χ0v) is 8.48. The smallest absolute Gasteiger partial charge is 0.273 e.